The Morgan fingerprint density at radius 1 is 1.32 bits per heavy atom. The summed E-state index contributed by atoms with van der Waals surface area (Å²) >= 11 is 0. The molecule has 2 atom stereocenters. The van der Waals surface area contributed by atoms with Crippen LogP contribution in [0.5, 0.6) is 0 Å². The Bertz CT molecular complexity index is 414. The van der Waals surface area contributed by atoms with Gasteiger partial charge in [-0.2, -0.15) is 0 Å². The first-order valence-corrected chi connectivity index (χ1v) is 7.03. The zero-order valence-corrected chi connectivity index (χ0v) is 12.3. The minimum atomic E-state index is 0.279. The van der Waals surface area contributed by atoms with Crippen molar-refractivity contribution in [2.75, 3.05) is 25.0 Å². The molecular formula is C14H24N4O. The number of nitrogens with zero attached hydrogens (tertiary/aromatic N) is 3. The van der Waals surface area contributed by atoms with Crippen molar-refractivity contribution in [3.8, 4) is 0 Å². The van der Waals surface area contributed by atoms with Crippen LogP contribution in [0.25, 0.3) is 0 Å². The molecule has 5 nitrogen and oxygen atoms in total. The maximum absolute atomic E-state index is 5.75. The first kappa shape index (κ1) is 14.2. The van der Waals surface area contributed by atoms with Gasteiger partial charge < -0.3 is 10.1 Å². The largest absolute Gasteiger partial charge is 0.373 e. The van der Waals surface area contributed by atoms with Gasteiger partial charge in [0.15, 0.2) is 0 Å². The Morgan fingerprint density at radius 3 is 2.63 bits per heavy atom. The van der Waals surface area contributed by atoms with Crippen LogP contribution >= 0.6 is 0 Å². The molecule has 0 amide bonds. The zero-order chi connectivity index (χ0) is 13.8. The van der Waals surface area contributed by atoms with Crippen molar-refractivity contribution in [3.05, 3.63) is 17.6 Å². The van der Waals surface area contributed by atoms with E-state index in [0.717, 1.165) is 43.5 Å². The van der Waals surface area contributed by atoms with E-state index in [2.05, 4.69) is 41.0 Å². The van der Waals surface area contributed by atoms with Gasteiger partial charge in [0.1, 0.15) is 11.6 Å². The van der Waals surface area contributed by atoms with E-state index in [9.17, 15) is 0 Å². The maximum Gasteiger partial charge on any atom is 0.144 e. The highest BCUT2D eigenvalue weighted by molar-refractivity contribution is 5.35. The minimum absolute atomic E-state index is 0.279. The van der Waals surface area contributed by atoms with Gasteiger partial charge in [0.25, 0.3) is 0 Å². The first-order chi connectivity index (χ1) is 9.06. The van der Waals surface area contributed by atoms with Crippen molar-refractivity contribution >= 4 is 5.82 Å². The third kappa shape index (κ3) is 4.14. The normalized spacial score (nSPS) is 24.4. The van der Waals surface area contributed by atoms with E-state index in [1.807, 2.05) is 13.0 Å². The summed E-state index contributed by atoms with van der Waals surface area (Å²) in [6, 6.07) is 1.98. The highest BCUT2D eigenvalue weighted by Crippen LogP contribution is 2.14. The minimum Gasteiger partial charge on any atom is -0.373 e. The van der Waals surface area contributed by atoms with Gasteiger partial charge in [0, 0.05) is 31.4 Å². The fourth-order valence-corrected chi connectivity index (χ4v) is 2.59. The van der Waals surface area contributed by atoms with Crippen LogP contribution in [-0.4, -0.2) is 46.7 Å². The molecule has 1 fully saturated rings. The van der Waals surface area contributed by atoms with Crippen molar-refractivity contribution in [2.24, 2.45) is 0 Å². The van der Waals surface area contributed by atoms with Crippen molar-refractivity contribution < 1.29 is 4.74 Å². The van der Waals surface area contributed by atoms with E-state index in [1.165, 1.54) is 0 Å². The van der Waals surface area contributed by atoms with Crippen molar-refractivity contribution in [2.45, 2.75) is 46.4 Å². The smallest absolute Gasteiger partial charge is 0.144 e. The standard InChI is InChI=1S/C14H24N4O/c1-5-15-13-6-10(2)16-14(17-13)9-18-7-11(3)19-12(4)8-18/h6,11-12H,5,7-9H2,1-4H3,(H,15,16,17). The van der Waals surface area contributed by atoms with Gasteiger partial charge >= 0.3 is 0 Å². The van der Waals surface area contributed by atoms with Crippen LogP contribution in [0.4, 0.5) is 5.82 Å². The number of ether oxygens (including phenoxy) is 1. The van der Waals surface area contributed by atoms with E-state index < -0.39 is 0 Å². The third-order valence-corrected chi connectivity index (χ3v) is 3.12. The average molecular weight is 264 g/mol. The average Bonchev–Trinajstić information content (AvgIpc) is 2.26. The quantitative estimate of drug-likeness (QED) is 0.899. The van der Waals surface area contributed by atoms with Gasteiger partial charge in [-0.25, -0.2) is 9.97 Å². The molecule has 19 heavy (non-hydrogen) atoms. The molecule has 1 aliphatic rings. The lowest BCUT2D eigenvalue weighted by atomic mass is 10.2. The predicted molar refractivity (Wildman–Crippen MR) is 76.2 cm³/mol. The van der Waals surface area contributed by atoms with Crippen molar-refractivity contribution in [3.63, 3.8) is 0 Å². The van der Waals surface area contributed by atoms with Crippen LogP contribution in [0.3, 0.4) is 0 Å². The van der Waals surface area contributed by atoms with Crippen LogP contribution < -0.4 is 5.32 Å². The Labute approximate surface area is 115 Å². The highest BCUT2D eigenvalue weighted by Gasteiger charge is 2.22. The monoisotopic (exact) mass is 264 g/mol. The van der Waals surface area contributed by atoms with E-state index >= 15 is 0 Å². The molecule has 2 unspecified atom stereocenters. The molecule has 0 saturated carbocycles. The molecule has 2 rings (SSSR count). The molecule has 1 N–H and O–H groups in total. The molecule has 5 heteroatoms. The van der Waals surface area contributed by atoms with E-state index in [4.69, 9.17) is 4.74 Å². The molecule has 1 aromatic rings. The van der Waals surface area contributed by atoms with Gasteiger partial charge in [0.05, 0.1) is 18.8 Å². The summed E-state index contributed by atoms with van der Waals surface area (Å²) in [4.78, 5) is 11.5. The van der Waals surface area contributed by atoms with Crippen LogP contribution in [0.15, 0.2) is 6.07 Å². The summed E-state index contributed by atoms with van der Waals surface area (Å²) < 4.78 is 5.75. The second-order valence-corrected chi connectivity index (χ2v) is 5.29. The fourth-order valence-electron chi connectivity index (χ4n) is 2.59. The molecule has 0 spiro atoms. The topological polar surface area (TPSA) is 50.3 Å². The molecule has 1 aliphatic heterocycles. The number of morpholine rings is 1. The Hall–Kier alpha value is -1.20. The Balaban J connectivity index is 2.05. The maximum atomic E-state index is 5.75. The Morgan fingerprint density at radius 2 is 2.00 bits per heavy atom. The number of hydrogen-bond donors (Lipinski definition) is 1. The summed E-state index contributed by atoms with van der Waals surface area (Å²) in [5.41, 5.74) is 1.01. The Kier molecular flexibility index (Phi) is 4.71. The van der Waals surface area contributed by atoms with Crippen molar-refractivity contribution in [1.29, 1.82) is 0 Å². The number of hydrogen-bond acceptors (Lipinski definition) is 5. The van der Waals surface area contributed by atoms with Crippen LogP contribution in [0.1, 0.15) is 32.3 Å². The number of aromatic nitrogens is 2. The van der Waals surface area contributed by atoms with E-state index in [-0.39, 0.29) is 12.2 Å². The number of anilines is 1. The summed E-state index contributed by atoms with van der Waals surface area (Å²) in [6.45, 7) is 11.9. The first-order valence-electron chi connectivity index (χ1n) is 7.03. The fraction of sp³-hybridized carbons (Fsp3) is 0.714. The molecule has 0 aliphatic carbocycles. The molecule has 0 aromatic carbocycles. The van der Waals surface area contributed by atoms with Gasteiger partial charge in [0.2, 0.25) is 0 Å². The lowest BCUT2D eigenvalue weighted by Gasteiger charge is -2.34. The highest BCUT2D eigenvalue weighted by atomic mass is 16.5. The molecule has 0 bridgehead atoms. The summed E-state index contributed by atoms with van der Waals surface area (Å²) in [5, 5.41) is 3.25. The molecule has 0 radical (unpaired) electrons. The number of aryl methyl sites for hydroxylation is 1. The third-order valence-electron chi connectivity index (χ3n) is 3.12. The second-order valence-electron chi connectivity index (χ2n) is 5.29. The van der Waals surface area contributed by atoms with Crippen molar-refractivity contribution in [1.82, 2.24) is 14.9 Å². The molecule has 2 heterocycles. The SMILES string of the molecule is CCNc1cc(C)nc(CN2CC(C)OC(C)C2)n1. The second kappa shape index (κ2) is 6.30. The predicted octanol–water partition coefficient (Wildman–Crippen LogP) is 1.83. The van der Waals surface area contributed by atoms with Gasteiger partial charge in [-0.1, -0.05) is 0 Å². The van der Waals surface area contributed by atoms with Gasteiger partial charge in [-0.15, -0.1) is 0 Å². The summed E-state index contributed by atoms with van der Waals surface area (Å²) in [5.74, 6) is 1.80. The van der Waals surface area contributed by atoms with E-state index in [0.29, 0.717) is 0 Å². The summed E-state index contributed by atoms with van der Waals surface area (Å²) in [7, 11) is 0. The summed E-state index contributed by atoms with van der Waals surface area (Å²) in [6.07, 6.45) is 0.559. The molecular weight excluding hydrogens is 240 g/mol. The number of nitrogens with one attached hydrogen (secondary N) is 1. The van der Waals surface area contributed by atoms with Crippen LogP contribution in [0, 0.1) is 6.92 Å². The zero-order valence-electron chi connectivity index (χ0n) is 12.3. The lowest BCUT2D eigenvalue weighted by Crippen LogP contribution is -2.45. The van der Waals surface area contributed by atoms with Gasteiger partial charge in [-0.3, -0.25) is 4.90 Å². The lowest BCUT2D eigenvalue weighted by molar-refractivity contribution is -0.0710. The van der Waals surface area contributed by atoms with Crippen LogP contribution in [-0.2, 0) is 11.3 Å². The van der Waals surface area contributed by atoms with Crippen LogP contribution in [0.2, 0.25) is 0 Å². The van der Waals surface area contributed by atoms with E-state index in [1.54, 1.807) is 0 Å². The molecule has 1 saturated heterocycles. The molecule has 106 valence electrons. The molecule has 1 aromatic heterocycles. The number of rotatable bonds is 4. The van der Waals surface area contributed by atoms with Gasteiger partial charge in [-0.05, 0) is 27.7 Å².